The second-order valence-electron chi connectivity index (χ2n) is 3.53. The Morgan fingerprint density at radius 1 is 1.57 bits per heavy atom. The molecule has 0 spiro atoms. The van der Waals surface area contributed by atoms with Gasteiger partial charge < -0.3 is 5.11 Å². The summed E-state index contributed by atoms with van der Waals surface area (Å²) in [6, 6.07) is 0.216. The van der Waals surface area contributed by atoms with E-state index in [0.29, 0.717) is 0 Å². The lowest BCUT2D eigenvalue weighted by Crippen LogP contribution is -2.14. The summed E-state index contributed by atoms with van der Waals surface area (Å²) in [6.45, 7) is 0. The number of carbonyl (C=O) groups is 1. The Morgan fingerprint density at radius 3 is 2.79 bits per heavy atom. The summed E-state index contributed by atoms with van der Waals surface area (Å²) in [7, 11) is 0. The van der Waals surface area contributed by atoms with E-state index in [2.05, 4.69) is 5.10 Å². The van der Waals surface area contributed by atoms with Crippen molar-refractivity contribution >= 4 is 17.6 Å². The minimum Gasteiger partial charge on any atom is -0.476 e. The van der Waals surface area contributed by atoms with Gasteiger partial charge in [-0.15, -0.1) is 0 Å². The molecule has 1 aliphatic rings. The topological polar surface area (TPSA) is 55.1 Å². The molecular weight excluding hydrogens is 204 g/mol. The van der Waals surface area contributed by atoms with Crippen molar-refractivity contribution in [2.45, 2.75) is 31.7 Å². The highest BCUT2D eigenvalue weighted by molar-refractivity contribution is 6.33. The smallest absolute Gasteiger partial charge is 0.355 e. The molecule has 5 heteroatoms. The Labute approximate surface area is 86.5 Å². The van der Waals surface area contributed by atoms with Crippen LogP contribution in [0.25, 0.3) is 0 Å². The van der Waals surface area contributed by atoms with Crippen LogP contribution in [0.3, 0.4) is 0 Å². The van der Waals surface area contributed by atoms with E-state index in [1.54, 1.807) is 4.68 Å². The summed E-state index contributed by atoms with van der Waals surface area (Å²) >= 11 is 5.75. The van der Waals surface area contributed by atoms with Crippen molar-refractivity contribution in [1.29, 1.82) is 0 Å². The molecule has 1 saturated carbocycles. The second kappa shape index (κ2) is 3.61. The van der Waals surface area contributed by atoms with Crippen molar-refractivity contribution < 1.29 is 9.90 Å². The van der Waals surface area contributed by atoms with Crippen LogP contribution in [0.15, 0.2) is 6.20 Å². The van der Waals surface area contributed by atoms with Gasteiger partial charge in [0.1, 0.15) is 0 Å². The Kier molecular flexibility index (Phi) is 2.46. The summed E-state index contributed by atoms with van der Waals surface area (Å²) in [5.74, 6) is -1.00. The number of rotatable bonds is 2. The number of carboxylic acid groups (broad SMARTS) is 1. The molecule has 1 N–H and O–H groups in total. The molecule has 1 heterocycles. The van der Waals surface area contributed by atoms with E-state index >= 15 is 0 Å². The van der Waals surface area contributed by atoms with Gasteiger partial charge in [0.2, 0.25) is 0 Å². The molecule has 0 unspecified atom stereocenters. The SMILES string of the molecule is O=C(O)c1c(Cl)cnn1C1CCCC1. The molecule has 1 aromatic heterocycles. The molecule has 0 atom stereocenters. The van der Waals surface area contributed by atoms with Gasteiger partial charge in [-0.3, -0.25) is 4.68 Å². The summed E-state index contributed by atoms with van der Waals surface area (Å²) < 4.78 is 1.55. The molecule has 76 valence electrons. The van der Waals surface area contributed by atoms with Crippen molar-refractivity contribution in [1.82, 2.24) is 9.78 Å². The third-order valence-electron chi connectivity index (χ3n) is 2.62. The Balaban J connectivity index is 2.37. The Morgan fingerprint density at radius 2 is 2.21 bits per heavy atom. The normalized spacial score (nSPS) is 17.5. The molecule has 0 amide bonds. The highest BCUT2D eigenvalue weighted by Gasteiger charge is 2.24. The second-order valence-corrected chi connectivity index (χ2v) is 3.94. The Bertz CT molecular complexity index is 356. The first-order valence-corrected chi connectivity index (χ1v) is 5.04. The molecular formula is C9H11ClN2O2. The molecule has 0 bridgehead atoms. The average molecular weight is 215 g/mol. The molecule has 0 aromatic carbocycles. The van der Waals surface area contributed by atoms with E-state index < -0.39 is 5.97 Å². The van der Waals surface area contributed by atoms with Crippen LogP contribution in [0, 0.1) is 0 Å². The standard InChI is InChI=1S/C9H11ClN2O2/c10-7-5-11-12(8(7)9(13)14)6-3-1-2-4-6/h5-6H,1-4H2,(H,13,14). The maximum absolute atomic E-state index is 10.9. The number of aromatic nitrogens is 2. The minimum atomic E-state index is -1.00. The van der Waals surface area contributed by atoms with E-state index in [4.69, 9.17) is 16.7 Å². The van der Waals surface area contributed by atoms with Crippen LogP contribution in [0.5, 0.6) is 0 Å². The molecule has 0 saturated heterocycles. The van der Waals surface area contributed by atoms with E-state index in [0.717, 1.165) is 25.7 Å². The van der Waals surface area contributed by atoms with Crippen LogP contribution in [0.2, 0.25) is 5.02 Å². The first-order valence-electron chi connectivity index (χ1n) is 4.66. The predicted octanol–water partition coefficient (Wildman–Crippen LogP) is 2.35. The van der Waals surface area contributed by atoms with Crippen molar-refractivity contribution in [3.63, 3.8) is 0 Å². The molecule has 0 radical (unpaired) electrons. The van der Waals surface area contributed by atoms with Crippen LogP contribution in [-0.4, -0.2) is 20.9 Å². The van der Waals surface area contributed by atoms with Gasteiger partial charge in [0.15, 0.2) is 5.69 Å². The third kappa shape index (κ3) is 1.50. The molecule has 14 heavy (non-hydrogen) atoms. The first kappa shape index (κ1) is 9.52. The van der Waals surface area contributed by atoms with Gasteiger partial charge >= 0.3 is 5.97 Å². The van der Waals surface area contributed by atoms with Gasteiger partial charge in [0, 0.05) is 0 Å². The van der Waals surface area contributed by atoms with Gasteiger partial charge in [-0.25, -0.2) is 4.79 Å². The molecule has 2 rings (SSSR count). The highest BCUT2D eigenvalue weighted by atomic mass is 35.5. The number of hydrogen-bond acceptors (Lipinski definition) is 2. The number of carboxylic acids is 1. The molecule has 0 aliphatic heterocycles. The van der Waals surface area contributed by atoms with Crippen LogP contribution >= 0.6 is 11.6 Å². The van der Waals surface area contributed by atoms with Crippen LogP contribution in [0.4, 0.5) is 0 Å². The van der Waals surface area contributed by atoms with Crippen LogP contribution < -0.4 is 0 Å². The maximum atomic E-state index is 10.9. The number of aromatic carboxylic acids is 1. The molecule has 1 fully saturated rings. The fraction of sp³-hybridized carbons (Fsp3) is 0.556. The van der Waals surface area contributed by atoms with E-state index in [-0.39, 0.29) is 16.8 Å². The lowest BCUT2D eigenvalue weighted by molar-refractivity contribution is 0.0680. The van der Waals surface area contributed by atoms with Gasteiger partial charge in [-0.1, -0.05) is 24.4 Å². The summed E-state index contributed by atoms with van der Waals surface area (Å²) in [5, 5.41) is 13.2. The summed E-state index contributed by atoms with van der Waals surface area (Å²) in [4.78, 5) is 10.9. The molecule has 1 aromatic rings. The minimum absolute atomic E-state index is 0.124. The molecule has 1 aliphatic carbocycles. The van der Waals surface area contributed by atoms with Crippen LogP contribution in [-0.2, 0) is 0 Å². The zero-order valence-electron chi connectivity index (χ0n) is 7.61. The van der Waals surface area contributed by atoms with E-state index in [1.807, 2.05) is 0 Å². The maximum Gasteiger partial charge on any atom is 0.355 e. The molecule has 4 nitrogen and oxygen atoms in total. The van der Waals surface area contributed by atoms with Crippen molar-refractivity contribution in [3.8, 4) is 0 Å². The zero-order chi connectivity index (χ0) is 10.1. The van der Waals surface area contributed by atoms with Crippen LogP contribution in [0.1, 0.15) is 42.2 Å². The Hall–Kier alpha value is -1.03. The van der Waals surface area contributed by atoms with Gasteiger partial charge in [-0.2, -0.15) is 5.10 Å². The van der Waals surface area contributed by atoms with Crippen molar-refractivity contribution in [3.05, 3.63) is 16.9 Å². The average Bonchev–Trinajstić information content (AvgIpc) is 2.70. The predicted molar refractivity (Wildman–Crippen MR) is 51.7 cm³/mol. The van der Waals surface area contributed by atoms with Gasteiger partial charge in [0.25, 0.3) is 0 Å². The van der Waals surface area contributed by atoms with Crippen molar-refractivity contribution in [2.24, 2.45) is 0 Å². The zero-order valence-corrected chi connectivity index (χ0v) is 8.37. The fourth-order valence-corrected chi connectivity index (χ4v) is 2.18. The van der Waals surface area contributed by atoms with Gasteiger partial charge in [-0.05, 0) is 12.8 Å². The summed E-state index contributed by atoms with van der Waals surface area (Å²) in [5.41, 5.74) is 0.124. The largest absolute Gasteiger partial charge is 0.476 e. The first-order chi connectivity index (χ1) is 6.70. The van der Waals surface area contributed by atoms with E-state index in [1.165, 1.54) is 6.20 Å². The lowest BCUT2D eigenvalue weighted by Gasteiger charge is -2.11. The highest BCUT2D eigenvalue weighted by Crippen LogP contribution is 2.31. The third-order valence-corrected chi connectivity index (χ3v) is 2.90. The number of halogens is 1. The number of hydrogen-bond donors (Lipinski definition) is 1. The summed E-state index contributed by atoms with van der Waals surface area (Å²) in [6.07, 6.45) is 5.68. The quantitative estimate of drug-likeness (QED) is 0.822. The lowest BCUT2D eigenvalue weighted by atomic mass is 10.2. The fourth-order valence-electron chi connectivity index (χ4n) is 1.97. The monoisotopic (exact) mass is 214 g/mol. The van der Waals surface area contributed by atoms with E-state index in [9.17, 15) is 4.79 Å². The number of nitrogens with zero attached hydrogens (tertiary/aromatic N) is 2. The van der Waals surface area contributed by atoms with Crippen molar-refractivity contribution in [2.75, 3.05) is 0 Å². The van der Waals surface area contributed by atoms with Gasteiger partial charge in [0.05, 0.1) is 17.3 Å².